The van der Waals surface area contributed by atoms with Crippen molar-refractivity contribution in [2.45, 2.75) is 85.0 Å². The molecule has 15 nitrogen and oxygen atoms in total. The van der Waals surface area contributed by atoms with E-state index in [2.05, 4.69) is 9.97 Å². The molecule has 0 saturated heterocycles. The Balaban J connectivity index is 1.75. The van der Waals surface area contributed by atoms with Crippen LogP contribution in [0.4, 0.5) is 11.4 Å². The van der Waals surface area contributed by atoms with E-state index in [1.54, 1.807) is 6.08 Å². The first-order chi connectivity index (χ1) is 23.6. The maximum Gasteiger partial charge on any atom is 0.281 e. The number of non-ortho nitro benzene ring substituents is 2. The van der Waals surface area contributed by atoms with Crippen LogP contribution in [0.2, 0.25) is 0 Å². The van der Waals surface area contributed by atoms with Crippen LogP contribution in [-0.2, 0) is 10.8 Å². The smallest absolute Gasteiger partial charge is 0.281 e. The van der Waals surface area contributed by atoms with Gasteiger partial charge in [-0.05, 0) is 45.1 Å². The molecule has 6 bridgehead atoms. The summed E-state index contributed by atoms with van der Waals surface area (Å²) in [4.78, 5) is 62.3. The molecule has 1 aliphatic carbocycles. The average Bonchev–Trinajstić information content (AvgIpc) is 3.66. The van der Waals surface area contributed by atoms with Crippen LogP contribution in [0.15, 0.2) is 47.7 Å². The van der Waals surface area contributed by atoms with Gasteiger partial charge in [0.1, 0.15) is 50.9 Å². The number of benzene rings is 2. The van der Waals surface area contributed by atoms with Crippen molar-refractivity contribution < 1.29 is 14.8 Å². The number of nitro benzene ring substituents is 2. The molecule has 2 N–H and O–H groups in total. The summed E-state index contributed by atoms with van der Waals surface area (Å²) in [5.74, 6) is -1.45. The molecule has 0 fully saturated rings. The Morgan fingerprint density at radius 3 is 1.51 bits per heavy atom. The lowest BCUT2D eigenvalue weighted by molar-refractivity contribution is -0.431. The molecule has 0 spiro atoms. The van der Waals surface area contributed by atoms with E-state index in [1.165, 1.54) is 12.1 Å². The standard InChI is InChI=1S/C36H37N9O6/c1-34(2,3)16-10-19-25(22(13-16)43(46)47)31-37-28(19)40-32-26-20(11-17(35(4,5)6)14-23(26)44(48)49)30(38-32)42-33-27-21(29(39-33)41-31)12-18(36(7,8)9)15-24(27)45(50)51/h10-15,19,25H,1-9H3,(H2,37,38,39,40,41,42). The maximum atomic E-state index is 12.7. The van der Waals surface area contributed by atoms with Crippen LogP contribution in [0.1, 0.15) is 96.9 Å². The van der Waals surface area contributed by atoms with Gasteiger partial charge in [0.25, 0.3) is 17.1 Å². The maximum absolute atomic E-state index is 12.7. The second kappa shape index (κ2) is 10.8. The van der Waals surface area contributed by atoms with Crippen molar-refractivity contribution in [3.63, 3.8) is 0 Å². The first-order valence-corrected chi connectivity index (χ1v) is 16.5. The Labute approximate surface area is 291 Å². The molecule has 3 aromatic heterocycles. The Kier molecular flexibility index (Phi) is 7.13. The van der Waals surface area contributed by atoms with Crippen LogP contribution in [0.5, 0.6) is 0 Å². The molecule has 2 aliphatic rings. The fourth-order valence-corrected chi connectivity index (χ4v) is 6.82. The van der Waals surface area contributed by atoms with E-state index in [-0.39, 0.29) is 62.1 Å². The largest absolute Gasteiger partial charge is 0.324 e. The highest BCUT2D eigenvalue weighted by Crippen LogP contribution is 2.48. The van der Waals surface area contributed by atoms with Gasteiger partial charge in [-0.15, -0.1) is 0 Å². The van der Waals surface area contributed by atoms with Gasteiger partial charge in [0.2, 0.25) is 0 Å². The summed E-state index contributed by atoms with van der Waals surface area (Å²) in [7, 11) is 0. The molecule has 262 valence electrons. The van der Waals surface area contributed by atoms with E-state index in [9.17, 15) is 30.3 Å². The molecule has 2 atom stereocenters. The Bertz CT molecular complexity index is 2540. The summed E-state index contributed by atoms with van der Waals surface area (Å²) in [5, 5.41) is 39.1. The van der Waals surface area contributed by atoms with Crippen molar-refractivity contribution in [2.24, 2.45) is 5.41 Å². The van der Waals surface area contributed by atoms with Crippen molar-refractivity contribution in [1.29, 1.82) is 0 Å². The second-order valence-electron chi connectivity index (χ2n) is 16.4. The molecule has 2 unspecified atom stereocenters. The number of rotatable bonds is 3. The summed E-state index contributed by atoms with van der Waals surface area (Å²) >= 11 is 0. The zero-order valence-corrected chi connectivity index (χ0v) is 29.7. The third kappa shape index (κ3) is 5.43. The summed E-state index contributed by atoms with van der Waals surface area (Å²) in [6.45, 7) is 17.5. The lowest BCUT2D eigenvalue weighted by atomic mass is 9.76. The number of hydrogen-bond acceptors (Lipinski definition) is 10. The number of H-pyrrole nitrogens is 2. The zero-order chi connectivity index (χ0) is 37.1. The molecular weight excluding hydrogens is 654 g/mol. The molecular formula is C36H37N9O6. The normalized spacial score (nSPS) is 17.4. The molecule has 1 aliphatic heterocycles. The van der Waals surface area contributed by atoms with E-state index >= 15 is 0 Å². The van der Waals surface area contributed by atoms with Crippen LogP contribution in [0.25, 0.3) is 44.1 Å². The fraction of sp³-hybridized carbons (Fsp3) is 0.389. The highest BCUT2D eigenvalue weighted by Gasteiger charge is 2.46. The number of allylic oxidation sites excluding steroid dienone is 4. The summed E-state index contributed by atoms with van der Waals surface area (Å²) in [6, 6.07) is 6.63. The lowest BCUT2D eigenvalue weighted by Gasteiger charge is -2.27. The summed E-state index contributed by atoms with van der Waals surface area (Å²) in [5.41, 5.74) is 0.551. The van der Waals surface area contributed by atoms with Crippen molar-refractivity contribution in [1.82, 2.24) is 29.9 Å². The Hall–Kier alpha value is -5.86. The van der Waals surface area contributed by atoms with E-state index < -0.39 is 42.9 Å². The molecule has 0 saturated carbocycles. The first kappa shape index (κ1) is 33.6. The molecule has 4 heterocycles. The molecule has 0 amide bonds. The minimum atomic E-state index is -0.965. The SMILES string of the molecule is CC(C)(C)C1=CC2c3nc(nc4[nH]c(nc5[nH]c(n3)c3c([N+](=O)[O-])cc(C(C)(C)C)cc53)c3c([N+](=O)[O-])cc(C(C)(C)C)cc43)C2C([N+](=O)[O-])=C1. The number of nitro groups is 3. The van der Waals surface area contributed by atoms with E-state index in [0.717, 1.165) is 0 Å². The predicted octanol–water partition coefficient (Wildman–Crippen LogP) is 8.40. The number of nitrogens with one attached hydrogen (secondary N) is 2. The van der Waals surface area contributed by atoms with Gasteiger partial charge < -0.3 is 9.97 Å². The lowest BCUT2D eigenvalue weighted by Crippen LogP contribution is -2.22. The minimum absolute atomic E-state index is 0.0746. The van der Waals surface area contributed by atoms with Crippen molar-refractivity contribution in [3.8, 4) is 0 Å². The number of aromatic nitrogens is 6. The van der Waals surface area contributed by atoms with Gasteiger partial charge in [0, 0.05) is 29.0 Å². The van der Waals surface area contributed by atoms with Crippen LogP contribution in [0.3, 0.4) is 0 Å². The van der Waals surface area contributed by atoms with E-state index in [1.807, 2.05) is 80.5 Å². The molecule has 5 aromatic rings. The molecule has 7 rings (SSSR count). The number of hydrogen-bond donors (Lipinski definition) is 2. The molecule has 2 aromatic carbocycles. The van der Waals surface area contributed by atoms with Crippen LogP contribution >= 0.6 is 0 Å². The number of aromatic amines is 2. The van der Waals surface area contributed by atoms with Crippen molar-refractivity contribution >= 4 is 55.5 Å². The fourth-order valence-electron chi connectivity index (χ4n) is 6.82. The van der Waals surface area contributed by atoms with Gasteiger partial charge in [0.05, 0.1) is 20.7 Å². The summed E-state index contributed by atoms with van der Waals surface area (Å²) < 4.78 is 0. The van der Waals surface area contributed by atoms with Gasteiger partial charge in [0.15, 0.2) is 0 Å². The van der Waals surface area contributed by atoms with Gasteiger partial charge in [-0.1, -0.05) is 68.4 Å². The molecule has 51 heavy (non-hydrogen) atoms. The van der Waals surface area contributed by atoms with Crippen LogP contribution in [0, 0.1) is 35.8 Å². The highest BCUT2D eigenvalue weighted by atomic mass is 16.6. The summed E-state index contributed by atoms with van der Waals surface area (Å²) in [6.07, 6.45) is 3.44. The van der Waals surface area contributed by atoms with Crippen molar-refractivity contribution in [3.05, 3.63) is 101 Å². The monoisotopic (exact) mass is 691 g/mol. The third-order valence-corrected chi connectivity index (χ3v) is 9.72. The van der Waals surface area contributed by atoms with E-state index in [0.29, 0.717) is 27.5 Å². The van der Waals surface area contributed by atoms with Crippen LogP contribution < -0.4 is 0 Å². The first-order valence-electron chi connectivity index (χ1n) is 16.5. The van der Waals surface area contributed by atoms with Crippen molar-refractivity contribution in [2.75, 3.05) is 0 Å². The predicted molar refractivity (Wildman–Crippen MR) is 193 cm³/mol. The number of nitrogens with zero attached hydrogens (tertiary/aromatic N) is 7. The van der Waals surface area contributed by atoms with Gasteiger partial charge >= 0.3 is 0 Å². The second-order valence-corrected chi connectivity index (χ2v) is 16.4. The van der Waals surface area contributed by atoms with Gasteiger partial charge in [-0.2, -0.15) is 0 Å². The molecule has 0 radical (unpaired) electrons. The number of fused-ring (bicyclic) bond motifs is 15. The average molecular weight is 692 g/mol. The third-order valence-electron chi connectivity index (χ3n) is 9.72. The highest BCUT2D eigenvalue weighted by molar-refractivity contribution is 6.13. The minimum Gasteiger partial charge on any atom is -0.324 e. The Morgan fingerprint density at radius 1 is 0.588 bits per heavy atom. The molecule has 15 heteroatoms. The van der Waals surface area contributed by atoms with Gasteiger partial charge in [-0.25, -0.2) is 19.9 Å². The quantitative estimate of drug-likeness (QED) is 0.136. The topological polar surface area (TPSA) is 213 Å². The zero-order valence-electron chi connectivity index (χ0n) is 29.7. The Morgan fingerprint density at radius 2 is 1.06 bits per heavy atom. The van der Waals surface area contributed by atoms with Gasteiger partial charge in [-0.3, -0.25) is 30.3 Å². The van der Waals surface area contributed by atoms with E-state index in [4.69, 9.17) is 19.9 Å². The van der Waals surface area contributed by atoms with Crippen LogP contribution in [-0.4, -0.2) is 44.7 Å².